The van der Waals surface area contributed by atoms with Crippen molar-refractivity contribution in [1.82, 2.24) is 19.6 Å². The Bertz CT molecular complexity index is 738. The summed E-state index contributed by atoms with van der Waals surface area (Å²) in [5, 5.41) is 6.63. The zero-order valence-corrected chi connectivity index (χ0v) is 10.1. The molecule has 0 bridgehead atoms. The Balaban J connectivity index is 2.13. The van der Waals surface area contributed by atoms with Crippen molar-refractivity contribution < 1.29 is 8.78 Å². The van der Waals surface area contributed by atoms with Gasteiger partial charge in [0.05, 0.1) is 0 Å². The number of fused-ring (bicyclic) bond motifs is 1. The van der Waals surface area contributed by atoms with Gasteiger partial charge in [-0.15, -0.1) is 0 Å². The SMILES string of the molecule is Fc1cccc(F)c1Nc1cc(Cl)nc2ncnn12. The maximum Gasteiger partial charge on any atom is 0.255 e. The number of para-hydroxylation sites is 1. The van der Waals surface area contributed by atoms with Gasteiger partial charge in [-0.1, -0.05) is 17.7 Å². The predicted octanol–water partition coefficient (Wildman–Crippen LogP) is 2.80. The zero-order chi connectivity index (χ0) is 13.4. The minimum absolute atomic E-state index is 0.139. The second-order valence-corrected chi connectivity index (χ2v) is 4.04. The molecule has 19 heavy (non-hydrogen) atoms. The number of hydrogen-bond acceptors (Lipinski definition) is 4. The molecule has 0 atom stereocenters. The Morgan fingerprint density at radius 1 is 1.21 bits per heavy atom. The molecule has 0 aliphatic carbocycles. The van der Waals surface area contributed by atoms with Gasteiger partial charge in [0.15, 0.2) is 0 Å². The maximum atomic E-state index is 13.6. The molecule has 1 N–H and O–H groups in total. The third-order valence-electron chi connectivity index (χ3n) is 2.44. The summed E-state index contributed by atoms with van der Waals surface area (Å²) in [6.07, 6.45) is 1.27. The van der Waals surface area contributed by atoms with Crippen LogP contribution in [-0.4, -0.2) is 19.6 Å². The summed E-state index contributed by atoms with van der Waals surface area (Å²) in [4.78, 5) is 7.77. The first-order valence-corrected chi connectivity index (χ1v) is 5.60. The number of benzene rings is 1. The van der Waals surface area contributed by atoms with E-state index in [4.69, 9.17) is 11.6 Å². The fourth-order valence-electron chi connectivity index (χ4n) is 1.62. The standard InChI is InChI=1S/C11H6ClF2N5/c12-8-4-9(19-11(17-8)15-5-16-19)18-10-6(13)2-1-3-7(10)14/h1-5,18H. The Hall–Kier alpha value is -2.28. The molecule has 96 valence electrons. The van der Waals surface area contributed by atoms with E-state index in [-0.39, 0.29) is 22.4 Å². The number of nitrogens with zero attached hydrogens (tertiary/aromatic N) is 4. The van der Waals surface area contributed by atoms with Crippen LogP contribution in [0.25, 0.3) is 5.78 Å². The van der Waals surface area contributed by atoms with Crippen molar-refractivity contribution in [3.8, 4) is 0 Å². The van der Waals surface area contributed by atoms with Crippen molar-refractivity contribution in [2.24, 2.45) is 0 Å². The molecule has 3 aromatic rings. The van der Waals surface area contributed by atoms with Crippen LogP contribution < -0.4 is 5.32 Å². The molecule has 5 nitrogen and oxygen atoms in total. The second kappa shape index (κ2) is 4.43. The molecule has 2 aromatic heterocycles. The van der Waals surface area contributed by atoms with Gasteiger partial charge in [0.1, 0.15) is 34.6 Å². The Labute approximate surface area is 110 Å². The molecule has 0 saturated carbocycles. The first-order chi connectivity index (χ1) is 9.15. The van der Waals surface area contributed by atoms with Crippen LogP contribution in [0.2, 0.25) is 5.15 Å². The third kappa shape index (κ3) is 2.08. The average Bonchev–Trinajstić information content (AvgIpc) is 2.81. The molecule has 1 aromatic carbocycles. The Kier molecular flexibility index (Phi) is 2.75. The van der Waals surface area contributed by atoms with Crippen LogP contribution in [0.1, 0.15) is 0 Å². The van der Waals surface area contributed by atoms with Crippen molar-refractivity contribution in [3.05, 3.63) is 47.4 Å². The summed E-state index contributed by atoms with van der Waals surface area (Å²) in [6, 6.07) is 4.97. The average molecular weight is 282 g/mol. The number of nitrogens with one attached hydrogen (secondary N) is 1. The van der Waals surface area contributed by atoms with E-state index >= 15 is 0 Å². The summed E-state index contributed by atoms with van der Waals surface area (Å²) >= 11 is 5.81. The molecule has 3 rings (SSSR count). The van der Waals surface area contributed by atoms with Crippen LogP contribution in [0.3, 0.4) is 0 Å². The summed E-state index contributed by atoms with van der Waals surface area (Å²) in [5.41, 5.74) is -0.290. The van der Waals surface area contributed by atoms with Gasteiger partial charge in [0.2, 0.25) is 0 Å². The van der Waals surface area contributed by atoms with E-state index in [9.17, 15) is 8.78 Å². The lowest BCUT2D eigenvalue weighted by atomic mass is 10.3. The quantitative estimate of drug-likeness (QED) is 0.734. The maximum absolute atomic E-state index is 13.6. The van der Waals surface area contributed by atoms with Crippen molar-refractivity contribution in [2.75, 3.05) is 5.32 Å². The lowest BCUT2D eigenvalue weighted by Crippen LogP contribution is -2.04. The van der Waals surface area contributed by atoms with Gasteiger partial charge in [-0.05, 0) is 12.1 Å². The largest absolute Gasteiger partial charge is 0.335 e. The van der Waals surface area contributed by atoms with E-state index in [0.29, 0.717) is 0 Å². The first kappa shape index (κ1) is 11.8. The van der Waals surface area contributed by atoms with Gasteiger partial charge in [-0.3, -0.25) is 0 Å². The lowest BCUT2D eigenvalue weighted by molar-refractivity contribution is 0.590. The molecule has 0 fully saturated rings. The Morgan fingerprint density at radius 3 is 2.68 bits per heavy atom. The van der Waals surface area contributed by atoms with Crippen molar-refractivity contribution in [2.45, 2.75) is 0 Å². The van der Waals surface area contributed by atoms with Crippen LogP contribution in [0, 0.1) is 11.6 Å². The minimum atomic E-state index is -0.721. The van der Waals surface area contributed by atoms with E-state index in [2.05, 4.69) is 20.4 Å². The number of aromatic nitrogens is 4. The predicted molar refractivity (Wildman–Crippen MR) is 65.4 cm³/mol. The Morgan fingerprint density at radius 2 is 1.95 bits per heavy atom. The van der Waals surface area contributed by atoms with Crippen LogP contribution in [0.4, 0.5) is 20.3 Å². The molecular formula is C11H6ClF2N5. The van der Waals surface area contributed by atoms with Crippen molar-refractivity contribution >= 4 is 28.9 Å². The van der Waals surface area contributed by atoms with Crippen LogP contribution in [-0.2, 0) is 0 Å². The van der Waals surface area contributed by atoms with E-state index in [0.717, 1.165) is 12.1 Å². The minimum Gasteiger partial charge on any atom is -0.335 e. The highest BCUT2D eigenvalue weighted by Gasteiger charge is 2.12. The van der Waals surface area contributed by atoms with Gasteiger partial charge in [-0.2, -0.15) is 19.6 Å². The fourth-order valence-corrected chi connectivity index (χ4v) is 1.80. The summed E-state index contributed by atoms with van der Waals surface area (Å²) in [6.45, 7) is 0. The molecule has 0 aliphatic rings. The normalized spacial score (nSPS) is 10.9. The number of hydrogen-bond donors (Lipinski definition) is 1. The molecule has 0 amide bonds. The summed E-state index contributed by atoms with van der Waals surface area (Å²) in [7, 11) is 0. The van der Waals surface area contributed by atoms with Crippen LogP contribution >= 0.6 is 11.6 Å². The van der Waals surface area contributed by atoms with E-state index in [1.807, 2.05) is 0 Å². The molecule has 8 heteroatoms. The topological polar surface area (TPSA) is 55.1 Å². The van der Waals surface area contributed by atoms with Gasteiger partial charge in [0, 0.05) is 6.07 Å². The highest BCUT2D eigenvalue weighted by Crippen LogP contribution is 2.24. The highest BCUT2D eigenvalue weighted by atomic mass is 35.5. The summed E-state index contributed by atoms with van der Waals surface area (Å²) < 4.78 is 28.4. The molecule has 0 spiro atoms. The van der Waals surface area contributed by atoms with E-state index in [1.165, 1.54) is 23.0 Å². The monoisotopic (exact) mass is 281 g/mol. The molecule has 0 radical (unpaired) electrons. The molecule has 0 unspecified atom stereocenters. The number of halogens is 3. The van der Waals surface area contributed by atoms with Gasteiger partial charge >= 0.3 is 0 Å². The van der Waals surface area contributed by atoms with Crippen LogP contribution in [0.5, 0.6) is 0 Å². The second-order valence-electron chi connectivity index (χ2n) is 3.66. The fraction of sp³-hybridized carbons (Fsp3) is 0. The first-order valence-electron chi connectivity index (χ1n) is 5.22. The van der Waals surface area contributed by atoms with E-state index in [1.54, 1.807) is 0 Å². The zero-order valence-electron chi connectivity index (χ0n) is 9.31. The summed E-state index contributed by atoms with van der Waals surface area (Å²) in [5.74, 6) is -0.953. The van der Waals surface area contributed by atoms with E-state index < -0.39 is 11.6 Å². The van der Waals surface area contributed by atoms with Crippen molar-refractivity contribution in [3.63, 3.8) is 0 Å². The number of anilines is 2. The van der Waals surface area contributed by atoms with Gasteiger partial charge in [0.25, 0.3) is 5.78 Å². The van der Waals surface area contributed by atoms with Gasteiger partial charge < -0.3 is 5.32 Å². The molecular weight excluding hydrogens is 276 g/mol. The lowest BCUT2D eigenvalue weighted by Gasteiger charge is -2.09. The van der Waals surface area contributed by atoms with Crippen molar-refractivity contribution in [1.29, 1.82) is 0 Å². The molecule has 0 aliphatic heterocycles. The smallest absolute Gasteiger partial charge is 0.255 e. The highest BCUT2D eigenvalue weighted by molar-refractivity contribution is 6.29. The van der Waals surface area contributed by atoms with Gasteiger partial charge in [-0.25, -0.2) is 8.78 Å². The third-order valence-corrected chi connectivity index (χ3v) is 2.63. The molecule has 0 saturated heterocycles. The molecule has 2 heterocycles. The van der Waals surface area contributed by atoms with Crippen LogP contribution in [0.15, 0.2) is 30.6 Å². The number of rotatable bonds is 2.